The maximum Gasteiger partial charge on any atom is 0.271 e. The van der Waals surface area contributed by atoms with Crippen LogP contribution in [0.2, 0.25) is 0 Å². The van der Waals surface area contributed by atoms with Crippen LogP contribution in [0.15, 0.2) is 30.3 Å². The topological polar surface area (TPSA) is 58.2 Å². The zero-order chi connectivity index (χ0) is 11.3. The highest BCUT2D eigenvalue weighted by Gasteiger charge is 2.12. The van der Waals surface area contributed by atoms with Crippen molar-refractivity contribution < 1.29 is 9.59 Å². The number of amides is 2. The van der Waals surface area contributed by atoms with Gasteiger partial charge in [-0.25, -0.2) is 0 Å². The molecule has 15 heavy (non-hydrogen) atoms. The first-order valence-electron chi connectivity index (χ1n) is 4.04. The quantitative estimate of drug-likeness (QED) is 0.610. The first-order valence-corrected chi connectivity index (χ1v) is 4.92. The molecule has 0 saturated heterocycles. The molecule has 0 aliphatic heterocycles. The normalized spacial score (nSPS) is 9.80. The molecule has 0 radical (unpaired) electrons. The number of alkyl halides is 2. The van der Waals surface area contributed by atoms with Crippen molar-refractivity contribution in [2.45, 2.75) is 4.84 Å². The molecular formula is C9H8Cl2N2O2. The molecule has 0 spiro atoms. The summed E-state index contributed by atoms with van der Waals surface area (Å²) >= 11 is 10.5. The number of nitrogens with one attached hydrogen (secondary N) is 2. The summed E-state index contributed by atoms with van der Waals surface area (Å²) in [5, 5.41) is 0. The molecule has 0 bridgehead atoms. The summed E-state index contributed by atoms with van der Waals surface area (Å²) in [6.07, 6.45) is 0. The van der Waals surface area contributed by atoms with Crippen LogP contribution < -0.4 is 10.9 Å². The fourth-order valence-electron chi connectivity index (χ4n) is 0.835. The lowest BCUT2D eigenvalue weighted by atomic mass is 10.2. The van der Waals surface area contributed by atoms with E-state index in [-0.39, 0.29) is 0 Å². The standard InChI is InChI=1S/C9H8Cl2N2O2/c10-7(11)9(15)13-12-8(14)6-4-2-1-3-5-6/h1-5,7H,(H,12,14)(H,13,15). The van der Waals surface area contributed by atoms with Crippen molar-refractivity contribution in [1.29, 1.82) is 0 Å². The van der Waals surface area contributed by atoms with Crippen LogP contribution in [0.3, 0.4) is 0 Å². The van der Waals surface area contributed by atoms with Crippen molar-refractivity contribution in [3.8, 4) is 0 Å². The number of halogens is 2. The van der Waals surface area contributed by atoms with Crippen molar-refractivity contribution in [2.24, 2.45) is 0 Å². The summed E-state index contributed by atoms with van der Waals surface area (Å²) in [6, 6.07) is 8.43. The van der Waals surface area contributed by atoms with Crippen LogP contribution in [0.25, 0.3) is 0 Å². The van der Waals surface area contributed by atoms with Crippen LogP contribution in [-0.2, 0) is 4.79 Å². The monoisotopic (exact) mass is 246 g/mol. The predicted molar refractivity (Wildman–Crippen MR) is 57.5 cm³/mol. The Balaban J connectivity index is 2.48. The van der Waals surface area contributed by atoms with Gasteiger partial charge < -0.3 is 0 Å². The summed E-state index contributed by atoms with van der Waals surface area (Å²) in [5.74, 6) is -1.11. The van der Waals surface area contributed by atoms with Gasteiger partial charge in [0.1, 0.15) is 0 Å². The Bertz CT molecular complexity index is 354. The number of rotatable bonds is 2. The van der Waals surface area contributed by atoms with E-state index >= 15 is 0 Å². The molecule has 0 unspecified atom stereocenters. The molecule has 2 amide bonds. The van der Waals surface area contributed by atoms with Crippen LogP contribution in [-0.4, -0.2) is 16.7 Å². The van der Waals surface area contributed by atoms with Gasteiger partial charge in [0.25, 0.3) is 11.8 Å². The predicted octanol–water partition coefficient (Wildman–Crippen LogP) is 1.25. The van der Waals surface area contributed by atoms with Crippen molar-refractivity contribution in [3.05, 3.63) is 35.9 Å². The lowest BCUT2D eigenvalue weighted by Crippen LogP contribution is -2.43. The van der Waals surface area contributed by atoms with E-state index in [4.69, 9.17) is 23.2 Å². The van der Waals surface area contributed by atoms with Gasteiger partial charge in [0.05, 0.1) is 0 Å². The minimum Gasteiger partial charge on any atom is -0.270 e. The van der Waals surface area contributed by atoms with Crippen molar-refractivity contribution >= 4 is 35.0 Å². The molecule has 4 nitrogen and oxygen atoms in total. The molecule has 1 aromatic rings. The average molecular weight is 247 g/mol. The van der Waals surface area contributed by atoms with Gasteiger partial charge in [0.2, 0.25) is 0 Å². The Morgan fingerprint density at radius 1 is 1.07 bits per heavy atom. The second kappa shape index (κ2) is 5.58. The van der Waals surface area contributed by atoms with Crippen molar-refractivity contribution in [1.82, 2.24) is 10.9 Å². The van der Waals surface area contributed by atoms with E-state index in [9.17, 15) is 9.59 Å². The van der Waals surface area contributed by atoms with Gasteiger partial charge in [-0.1, -0.05) is 41.4 Å². The van der Waals surface area contributed by atoms with E-state index in [2.05, 4.69) is 10.9 Å². The molecule has 0 aliphatic rings. The zero-order valence-corrected chi connectivity index (χ0v) is 9.05. The first-order chi connectivity index (χ1) is 7.11. The highest BCUT2D eigenvalue weighted by Crippen LogP contribution is 2.00. The number of hydrogen-bond acceptors (Lipinski definition) is 2. The van der Waals surface area contributed by atoms with E-state index in [1.54, 1.807) is 30.3 Å². The lowest BCUT2D eigenvalue weighted by molar-refractivity contribution is -0.120. The first kappa shape index (κ1) is 11.8. The summed E-state index contributed by atoms with van der Waals surface area (Å²) in [4.78, 5) is 21.0. The number of hydrogen-bond donors (Lipinski definition) is 2. The van der Waals surface area contributed by atoms with Crippen LogP contribution in [0.1, 0.15) is 10.4 Å². The van der Waals surface area contributed by atoms with E-state index in [1.165, 1.54) is 0 Å². The molecular weight excluding hydrogens is 239 g/mol. The van der Waals surface area contributed by atoms with Gasteiger partial charge in [-0.15, -0.1) is 0 Å². The Kier molecular flexibility index (Phi) is 4.39. The molecule has 0 atom stereocenters. The molecule has 2 N–H and O–H groups in total. The minimum atomic E-state index is -1.21. The lowest BCUT2D eigenvalue weighted by Gasteiger charge is -2.06. The number of carbonyl (C=O) groups is 2. The van der Waals surface area contributed by atoms with Crippen LogP contribution >= 0.6 is 23.2 Å². The Hall–Kier alpha value is -1.26. The smallest absolute Gasteiger partial charge is 0.270 e. The fraction of sp³-hybridized carbons (Fsp3) is 0.111. The highest BCUT2D eigenvalue weighted by atomic mass is 35.5. The summed E-state index contributed by atoms with van der Waals surface area (Å²) in [6.45, 7) is 0. The van der Waals surface area contributed by atoms with Crippen molar-refractivity contribution in [2.75, 3.05) is 0 Å². The van der Waals surface area contributed by atoms with E-state index in [0.29, 0.717) is 5.56 Å². The van der Waals surface area contributed by atoms with Gasteiger partial charge in [-0.3, -0.25) is 20.4 Å². The third-order valence-corrected chi connectivity index (χ3v) is 1.93. The molecule has 80 valence electrons. The SMILES string of the molecule is O=C(NNC(=O)C(Cl)Cl)c1ccccc1. The van der Waals surface area contributed by atoms with E-state index in [1.807, 2.05) is 0 Å². The second-order valence-corrected chi connectivity index (χ2v) is 3.71. The van der Waals surface area contributed by atoms with Gasteiger partial charge in [-0.2, -0.15) is 0 Å². The fourth-order valence-corrected chi connectivity index (χ4v) is 0.944. The van der Waals surface area contributed by atoms with E-state index < -0.39 is 16.7 Å². The van der Waals surface area contributed by atoms with Gasteiger partial charge in [0.15, 0.2) is 4.84 Å². The molecule has 1 aromatic carbocycles. The molecule has 0 aromatic heterocycles. The van der Waals surface area contributed by atoms with Gasteiger partial charge >= 0.3 is 0 Å². The van der Waals surface area contributed by atoms with E-state index in [0.717, 1.165) is 0 Å². The molecule has 0 aliphatic carbocycles. The van der Waals surface area contributed by atoms with Gasteiger partial charge in [0, 0.05) is 5.56 Å². The minimum absolute atomic E-state index is 0.429. The summed E-state index contributed by atoms with van der Waals surface area (Å²) in [7, 11) is 0. The van der Waals surface area contributed by atoms with Crippen LogP contribution in [0.4, 0.5) is 0 Å². The average Bonchev–Trinajstić information content (AvgIpc) is 2.26. The molecule has 0 saturated carbocycles. The third kappa shape index (κ3) is 3.77. The Morgan fingerprint density at radius 2 is 1.67 bits per heavy atom. The summed E-state index contributed by atoms with van der Waals surface area (Å²) < 4.78 is 0. The molecule has 6 heteroatoms. The Morgan fingerprint density at radius 3 is 2.20 bits per heavy atom. The molecule has 1 rings (SSSR count). The maximum atomic E-state index is 11.4. The largest absolute Gasteiger partial charge is 0.271 e. The zero-order valence-electron chi connectivity index (χ0n) is 7.54. The number of benzene rings is 1. The highest BCUT2D eigenvalue weighted by molar-refractivity contribution is 6.53. The number of carbonyl (C=O) groups excluding carboxylic acids is 2. The molecule has 0 fully saturated rings. The Labute approximate surface area is 96.5 Å². The van der Waals surface area contributed by atoms with Gasteiger partial charge in [-0.05, 0) is 12.1 Å². The second-order valence-electron chi connectivity index (χ2n) is 2.61. The maximum absolute atomic E-state index is 11.4. The summed E-state index contributed by atoms with van der Waals surface area (Å²) in [5.41, 5.74) is 4.68. The number of hydrazine groups is 1. The van der Waals surface area contributed by atoms with Crippen LogP contribution in [0.5, 0.6) is 0 Å². The third-order valence-electron chi connectivity index (χ3n) is 1.53. The van der Waals surface area contributed by atoms with Crippen LogP contribution in [0, 0.1) is 0 Å². The van der Waals surface area contributed by atoms with Crippen molar-refractivity contribution in [3.63, 3.8) is 0 Å². The molecule has 0 heterocycles.